The van der Waals surface area contributed by atoms with Gasteiger partial charge in [-0.25, -0.2) is 0 Å². The van der Waals surface area contributed by atoms with Gasteiger partial charge in [0.1, 0.15) is 0 Å². The van der Waals surface area contributed by atoms with E-state index in [-0.39, 0.29) is 5.60 Å². The molecule has 0 saturated heterocycles. The highest BCUT2D eigenvalue weighted by Crippen LogP contribution is 2.25. The van der Waals surface area contributed by atoms with Crippen molar-refractivity contribution in [2.24, 2.45) is 5.73 Å². The molecule has 1 aliphatic rings. The topological polar surface area (TPSA) is 35.2 Å². The third kappa shape index (κ3) is 1.96. The quantitative estimate of drug-likeness (QED) is 0.600. The van der Waals surface area contributed by atoms with Gasteiger partial charge < -0.3 is 10.5 Å². The lowest BCUT2D eigenvalue weighted by Crippen LogP contribution is -2.48. The average Bonchev–Trinajstić information content (AvgIpc) is 1.78. The average molecular weight is 143 g/mol. The van der Waals surface area contributed by atoms with E-state index in [2.05, 4.69) is 20.8 Å². The van der Waals surface area contributed by atoms with Crippen LogP contribution in [-0.4, -0.2) is 17.7 Å². The first-order valence-corrected chi connectivity index (χ1v) is 3.92. The predicted octanol–water partition coefficient (Wildman–Crippen LogP) is 1.29. The summed E-state index contributed by atoms with van der Waals surface area (Å²) < 4.78 is 5.66. The third-order valence-electron chi connectivity index (χ3n) is 1.77. The van der Waals surface area contributed by atoms with E-state index in [9.17, 15) is 0 Å². The van der Waals surface area contributed by atoms with Crippen molar-refractivity contribution < 1.29 is 4.74 Å². The summed E-state index contributed by atoms with van der Waals surface area (Å²) in [6.45, 7) is 6.20. The highest BCUT2D eigenvalue weighted by atomic mass is 16.5. The Morgan fingerprint density at radius 2 is 1.90 bits per heavy atom. The van der Waals surface area contributed by atoms with Crippen LogP contribution in [0.25, 0.3) is 0 Å². The van der Waals surface area contributed by atoms with Crippen LogP contribution in [-0.2, 0) is 4.74 Å². The fourth-order valence-electron chi connectivity index (χ4n) is 1.10. The van der Waals surface area contributed by atoms with E-state index in [0.29, 0.717) is 12.1 Å². The van der Waals surface area contributed by atoms with Gasteiger partial charge >= 0.3 is 0 Å². The number of rotatable bonds is 1. The zero-order valence-electron chi connectivity index (χ0n) is 7.05. The Balaban J connectivity index is 2.26. The Kier molecular flexibility index (Phi) is 2.02. The van der Waals surface area contributed by atoms with Crippen LogP contribution in [0.5, 0.6) is 0 Å². The summed E-state index contributed by atoms with van der Waals surface area (Å²) in [4.78, 5) is 0. The number of nitrogens with two attached hydrogens (primary N) is 1. The van der Waals surface area contributed by atoms with E-state index in [1.165, 1.54) is 0 Å². The van der Waals surface area contributed by atoms with Crippen LogP contribution in [0.4, 0.5) is 0 Å². The molecule has 0 bridgehead atoms. The summed E-state index contributed by atoms with van der Waals surface area (Å²) in [5.41, 5.74) is 5.68. The van der Waals surface area contributed by atoms with Gasteiger partial charge in [-0.2, -0.15) is 0 Å². The molecule has 0 aromatic rings. The predicted molar refractivity (Wildman–Crippen MR) is 41.8 cm³/mol. The summed E-state index contributed by atoms with van der Waals surface area (Å²) in [6, 6.07) is 0.291. The molecule has 1 saturated carbocycles. The van der Waals surface area contributed by atoms with E-state index >= 15 is 0 Å². The van der Waals surface area contributed by atoms with E-state index in [1.807, 2.05) is 0 Å². The second kappa shape index (κ2) is 2.51. The van der Waals surface area contributed by atoms with E-state index < -0.39 is 0 Å². The molecule has 1 rings (SSSR count). The normalized spacial score (nSPS) is 33.6. The molecule has 0 heterocycles. The molecule has 60 valence electrons. The van der Waals surface area contributed by atoms with Crippen molar-refractivity contribution in [2.45, 2.75) is 51.4 Å². The zero-order valence-corrected chi connectivity index (χ0v) is 7.05. The van der Waals surface area contributed by atoms with Crippen molar-refractivity contribution in [2.75, 3.05) is 0 Å². The number of ether oxygens (including phenoxy) is 1. The van der Waals surface area contributed by atoms with Crippen molar-refractivity contribution in [1.82, 2.24) is 0 Å². The maximum absolute atomic E-state index is 5.70. The van der Waals surface area contributed by atoms with Crippen LogP contribution in [0.3, 0.4) is 0 Å². The van der Waals surface area contributed by atoms with Gasteiger partial charge in [-0.1, -0.05) is 0 Å². The largest absolute Gasteiger partial charge is 0.371 e. The molecule has 2 heteroatoms. The minimum Gasteiger partial charge on any atom is -0.371 e. The maximum Gasteiger partial charge on any atom is 0.0733 e. The Bertz CT molecular complexity index is 117. The van der Waals surface area contributed by atoms with Gasteiger partial charge in [-0.15, -0.1) is 0 Å². The minimum atomic E-state index is -0.0251. The molecule has 0 aromatic heterocycles. The highest BCUT2D eigenvalue weighted by molar-refractivity contribution is 4.86. The van der Waals surface area contributed by atoms with Crippen LogP contribution >= 0.6 is 0 Å². The molecule has 1 aliphatic carbocycles. The molecule has 2 atom stereocenters. The van der Waals surface area contributed by atoms with Gasteiger partial charge in [0.2, 0.25) is 0 Å². The first kappa shape index (κ1) is 8.02. The smallest absolute Gasteiger partial charge is 0.0733 e. The molecule has 0 radical (unpaired) electrons. The molecule has 0 aliphatic heterocycles. The Labute approximate surface area is 62.7 Å². The van der Waals surface area contributed by atoms with Gasteiger partial charge in [-0.05, 0) is 33.6 Å². The van der Waals surface area contributed by atoms with Gasteiger partial charge in [0.25, 0.3) is 0 Å². The van der Waals surface area contributed by atoms with Crippen molar-refractivity contribution in [3.8, 4) is 0 Å². The number of hydrogen-bond donors (Lipinski definition) is 1. The number of hydrogen-bond acceptors (Lipinski definition) is 2. The molecule has 2 N–H and O–H groups in total. The second-order valence-corrected chi connectivity index (χ2v) is 4.01. The lowest BCUT2D eigenvalue weighted by molar-refractivity contribution is -0.102. The zero-order chi connectivity index (χ0) is 7.78. The van der Waals surface area contributed by atoms with Gasteiger partial charge in [0.15, 0.2) is 0 Å². The standard InChI is InChI=1S/C8H17NO/c1-8(2,3)10-7-5-4-6(7)9/h6-7H,4-5,9H2,1-3H3/t6-,7+/m0/s1. The first-order valence-electron chi connectivity index (χ1n) is 3.92. The molecule has 0 aromatic carbocycles. The third-order valence-corrected chi connectivity index (χ3v) is 1.77. The summed E-state index contributed by atoms with van der Waals surface area (Å²) in [5, 5.41) is 0. The van der Waals surface area contributed by atoms with Crippen molar-refractivity contribution in [3.05, 3.63) is 0 Å². The van der Waals surface area contributed by atoms with E-state index in [4.69, 9.17) is 10.5 Å². The Hall–Kier alpha value is -0.0800. The molecule has 1 fully saturated rings. The fraction of sp³-hybridized carbons (Fsp3) is 1.00. The summed E-state index contributed by atoms with van der Waals surface area (Å²) in [5.74, 6) is 0. The first-order chi connectivity index (χ1) is 4.49. The Morgan fingerprint density at radius 3 is 2.00 bits per heavy atom. The van der Waals surface area contributed by atoms with Crippen molar-refractivity contribution in [1.29, 1.82) is 0 Å². The second-order valence-electron chi connectivity index (χ2n) is 4.01. The summed E-state index contributed by atoms with van der Waals surface area (Å²) >= 11 is 0. The molecule has 0 amide bonds. The molecule has 0 spiro atoms. The summed E-state index contributed by atoms with van der Waals surface area (Å²) in [6.07, 6.45) is 2.58. The lowest BCUT2D eigenvalue weighted by Gasteiger charge is -2.38. The van der Waals surface area contributed by atoms with E-state index in [1.54, 1.807) is 0 Å². The van der Waals surface area contributed by atoms with E-state index in [0.717, 1.165) is 12.8 Å². The van der Waals surface area contributed by atoms with Crippen LogP contribution in [0.15, 0.2) is 0 Å². The molecule has 0 unspecified atom stereocenters. The van der Waals surface area contributed by atoms with Gasteiger partial charge in [-0.3, -0.25) is 0 Å². The van der Waals surface area contributed by atoms with Gasteiger partial charge in [0, 0.05) is 6.04 Å². The van der Waals surface area contributed by atoms with Crippen molar-refractivity contribution in [3.63, 3.8) is 0 Å². The highest BCUT2D eigenvalue weighted by Gasteiger charge is 2.31. The molecule has 2 nitrogen and oxygen atoms in total. The van der Waals surface area contributed by atoms with Crippen LogP contribution in [0.2, 0.25) is 0 Å². The van der Waals surface area contributed by atoms with Crippen LogP contribution in [0.1, 0.15) is 33.6 Å². The molecular formula is C8H17NO. The van der Waals surface area contributed by atoms with Crippen LogP contribution < -0.4 is 5.73 Å². The fourth-order valence-corrected chi connectivity index (χ4v) is 1.10. The van der Waals surface area contributed by atoms with Crippen molar-refractivity contribution >= 4 is 0 Å². The molecular weight excluding hydrogens is 126 g/mol. The van der Waals surface area contributed by atoms with Crippen LogP contribution in [0, 0.1) is 0 Å². The molecule has 10 heavy (non-hydrogen) atoms. The maximum atomic E-state index is 5.70. The summed E-state index contributed by atoms with van der Waals surface area (Å²) in [7, 11) is 0. The van der Waals surface area contributed by atoms with Gasteiger partial charge in [0.05, 0.1) is 11.7 Å². The lowest BCUT2D eigenvalue weighted by atomic mass is 9.89. The minimum absolute atomic E-state index is 0.0251. The SMILES string of the molecule is CC(C)(C)O[C@@H]1CC[C@@H]1N. The Morgan fingerprint density at radius 1 is 1.30 bits per heavy atom. The monoisotopic (exact) mass is 143 g/mol.